The Hall–Kier alpha value is -2.62. The highest BCUT2D eigenvalue weighted by molar-refractivity contribution is 6.07. The predicted octanol–water partition coefficient (Wildman–Crippen LogP) is 2.36. The van der Waals surface area contributed by atoms with Crippen LogP contribution in [0.1, 0.15) is 15.9 Å². The van der Waals surface area contributed by atoms with E-state index in [1.54, 1.807) is 13.1 Å². The Morgan fingerprint density at radius 3 is 2.47 bits per heavy atom. The molecule has 1 heterocycles. The minimum Gasteiger partial charge on any atom is -0.279 e. The molecular formula is C15H13N3O. The highest BCUT2D eigenvalue weighted by atomic mass is 16.2. The maximum Gasteiger partial charge on any atom is 0.274 e. The first-order valence-corrected chi connectivity index (χ1v) is 6.03. The van der Waals surface area contributed by atoms with Crippen LogP contribution < -0.4 is 5.43 Å². The zero-order valence-corrected chi connectivity index (χ0v) is 10.5. The number of fused-ring (bicyclic) bond motifs is 1. The molecule has 3 rings (SSSR count). The van der Waals surface area contributed by atoms with Crippen LogP contribution in [-0.2, 0) is 0 Å². The Morgan fingerprint density at radius 2 is 1.68 bits per heavy atom. The van der Waals surface area contributed by atoms with Crippen molar-refractivity contribution in [3.05, 3.63) is 65.7 Å². The Kier molecular flexibility index (Phi) is 2.76. The lowest BCUT2D eigenvalue weighted by atomic mass is 10.1. The normalized spacial score (nSPS) is 14.3. The van der Waals surface area contributed by atoms with Gasteiger partial charge in [0.2, 0.25) is 0 Å². The predicted molar refractivity (Wildman–Crippen MR) is 74.3 cm³/mol. The van der Waals surface area contributed by atoms with E-state index in [2.05, 4.69) is 10.4 Å². The van der Waals surface area contributed by atoms with Crippen LogP contribution in [-0.4, -0.2) is 23.8 Å². The molecule has 0 bridgehead atoms. The van der Waals surface area contributed by atoms with Gasteiger partial charge in [0, 0.05) is 12.6 Å². The Bertz CT molecular complexity index is 649. The fourth-order valence-corrected chi connectivity index (χ4v) is 2.01. The van der Waals surface area contributed by atoms with Crippen molar-refractivity contribution < 1.29 is 4.79 Å². The second-order valence-electron chi connectivity index (χ2n) is 4.32. The third-order valence-electron chi connectivity index (χ3n) is 2.99. The van der Waals surface area contributed by atoms with Crippen molar-refractivity contribution in [2.24, 2.45) is 4.99 Å². The van der Waals surface area contributed by atoms with Gasteiger partial charge in [0.1, 0.15) is 0 Å². The number of hydrogen-bond donors (Lipinski definition) is 1. The zero-order chi connectivity index (χ0) is 13.2. The molecule has 19 heavy (non-hydrogen) atoms. The number of aliphatic imine (C=N–C) groups is 1. The van der Waals surface area contributed by atoms with Crippen molar-refractivity contribution in [3.8, 4) is 0 Å². The molecule has 94 valence electrons. The van der Waals surface area contributed by atoms with Crippen LogP contribution in [0, 0.1) is 0 Å². The molecule has 0 saturated heterocycles. The second kappa shape index (κ2) is 4.57. The zero-order valence-electron chi connectivity index (χ0n) is 10.5. The average molecular weight is 251 g/mol. The van der Waals surface area contributed by atoms with Crippen molar-refractivity contribution >= 4 is 17.4 Å². The molecule has 0 fully saturated rings. The minimum atomic E-state index is -0.0923. The second-order valence-corrected chi connectivity index (χ2v) is 4.32. The van der Waals surface area contributed by atoms with Crippen LogP contribution in [0.3, 0.4) is 0 Å². The SMILES string of the molecule is CN1NC(c2ccccc2)=Nc2ccccc2C1=O. The number of hydrazine groups is 1. The van der Waals surface area contributed by atoms with Gasteiger partial charge in [0.05, 0.1) is 11.3 Å². The molecule has 1 N–H and O–H groups in total. The Labute approximate surface area is 111 Å². The van der Waals surface area contributed by atoms with Crippen molar-refractivity contribution in [2.45, 2.75) is 0 Å². The van der Waals surface area contributed by atoms with Crippen LogP contribution in [0.4, 0.5) is 5.69 Å². The van der Waals surface area contributed by atoms with Gasteiger partial charge in [0.25, 0.3) is 5.91 Å². The number of carbonyl (C=O) groups is 1. The molecule has 2 aromatic carbocycles. The lowest BCUT2D eigenvalue weighted by molar-refractivity contribution is 0.0762. The summed E-state index contributed by atoms with van der Waals surface area (Å²) in [6.45, 7) is 0. The minimum absolute atomic E-state index is 0.0923. The molecule has 2 aromatic rings. The standard InChI is InChI=1S/C15H13N3O/c1-18-15(19)12-9-5-6-10-13(12)16-14(17-18)11-7-3-2-4-8-11/h2-10H,1H3,(H,16,17). The van der Waals surface area contributed by atoms with Gasteiger partial charge in [-0.2, -0.15) is 0 Å². The first-order valence-electron chi connectivity index (χ1n) is 6.03. The molecule has 4 heteroatoms. The third-order valence-corrected chi connectivity index (χ3v) is 2.99. The van der Waals surface area contributed by atoms with Gasteiger partial charge >= 0.3 is 0 Å². The van der Waals surface area contributed by atoms with E-state index in [0.717, 1.165) is 5.56 Å². The maximum atomic E-state index is 12.2. The van der Waals surface area contributed by atoms with Crippen LogP contribution in [0.5, 0.6) is 0 Å². The van der Waals surface area contributed by atoms with Crippen molar-refractivity contribution in [1.82, 2.24) is 10.4 Å². The molecule has 1 amide bonds. The van der Waals surface area contributed by atoms with Crippen molar-refractivity contribution in [3.63, 3.8) is 0 Å². The largest absolute Gasteiger partial charge is 0.279 e. The molecule has 0 atom stereocenters. The van der Waals surface area contributed by atoms with E-state index in [1.165, 1.54) is 5.01 Å². The van der Waals surface area contributed by atoms with E-state index >= 15 is 0 Å². The molecular weight excluding hydrogens is 238 g/mol. The van der Waals surface area contributed by atoms with Crippen LogP contribution in [0.2, 0.25) is 0 Å². The summed E-state index contributed by atoms with van der Waals surface area (Å²) in [5.41, 5.74) is 5.25. The van der Waals surface area contributed by atoms with Gasteiger partial charge in [-0.25, -0.2) is 4.99 Å². The highest BCUT2D eigenvalue weighted by Crippen LogP contribution is 2.23. The summed E-state index contributed by atoms with van der Waals surface area (Å²) in [5.74, 6) is 0.576. The van der Waals surface area contributed by atoms with Crippen molar-refractivity contribution in [1.29, 1.82) is 0 Å². The molecule has 0 unspecified atom stereocenters. The van der Waals surface area contributed by atoms with Crippen LogP contribution >= 0.6 is 0 Å². The van der Waals surface area contributed by atoms with E-state index < -0.39 is 0 Å². The number of benzene rings is 2. The number of para-hydroxylation sites is 1. The Morgan fingerprint density at radius 1 is 1.00 bits per heavy atom. The summed E-state index contributed by atoms with van der Waals surface area (Å²) in [5, 5.41) is 1.46. The average Bonchev–Trinajstić information content (AvgIpc) is 2.58. The lowest BCUT2D eigenvalue weighted by Gasteiger charge is -2.18. The lowest BCUT2D eigenvalue weighted by Crippen LogP contribution is -2.42. The number of hydrogen-bond acceptors (Lipinski definition) is 3. The number of amides is 1. The maximum absolute atomic E-state index is 12.2. The first-order chi connectivity index (χ1) is 9.25. The number of rotatable bonds is 1. The topological polar surface area (TPSA) is 44.7 Å². The molecule has 1 aliphatic rings. The quantitative estimate of drug-likeness (QED) is 0.845. The molecule has 0 radical (unpaired) electrons. The van der Waals surface area contributed by atoms with Crippen LogP contribution in [0.15, 0.2) is 59.6 Å². The number of carbonyl (C=O) groups excluding carboxylic acids is 1. The highest BCUT2D eigenvalue weighted by Gasteiger charge is 2.21. The molecule has 1 aliphatic heterocycles. The monoisotopic (exact) mass is 251 g/mol. The summed E-state index contributed by atoms with van der Waals surface area (Å²) >= 11 is 0. The fourth-order valence-electron chi connectivity index (χ4n) is 2.01. The number of nitrogens with zero attached hydrogens (tertiary/aromatic N) is 2. The van der Waals surface area contributed by atoms with E-state index in [9.17, 15) is 4.79 Å². The van der Waals surface area contributed by atoms with Gasteiger partial charge in [-0.05, 0) is 12.1 Å². The van der Waals surface area contributed by atoms with Gasteiger partial charge in [-0.3, -0.25) is 15.2 Å². The Balaban J connectivity index is 2.14. The van der Waals surface area contributed by atoms with E-state index in [1.807, 2.05) is 48.5 Å². The summed E-state index contributed by atoms with van der Waals surface area (Å²) < 4.78 is 0. The molecule has 0 aliphatic carbocycles. The first kappa shape index (κ1) is 11.5. The van der Waals surface area contributed by atoms with E-state index in [0.29, 0.717) is 17.1 Å². The molecule has 0 spiro atoms. The summed E-state index contributed by atoms with van der Waals surface area (Å²) in [6.07, 6.45) is 0. The van der Waals surface area contributed by atoms with E-state index in [-0.39, 0.29) is 5.91 Å². The number of amidine groups is 1. The van der Waals surface area contributed by atoms with E-state index in [4.69, 9.17) is 0 Å². The molecule has 0 aromatic heterocycles. The van der Waals surface area contributed by atoms with Gasteiger partial charge < -0.3 is 0 Å². The van der Waals surface area contributed by atoms with Gasteiger partial charge in [-0.1, -0.05) is 42.5 Å². The summed E-state index contributed by atoms with van der Waals surface area (Å²) in [6, 6.07) is 17.1. The molecule has 0 saturated carbocycles. The summed E-state index contributed by atoms with van der Waals surface area (Å²) in [7, 11) is 1.70. The van der Waals surface area contributed by atoms with Crippen molar-refractivity contribution in [2.75, 3.05) is 7.05 Å². The number of nitrogens with one attached hydrogen (secondary N) is 1. The smallest absolute Gasteiger partial charge is 0.274 e. The molecule has 4 nitrogen and oxygen atoms in total. The van der Waals surface area contributed by atoms with Crippen LogP contribution in [0.25, 0.3) is 0 Å². The third kappa shape index (κ3) is 2.08. The van der Waals surface area contributed by atoms with Gasteiger partial charge in [0.15, 0.2) is 5.84 Å². The fraction of sp³-hybridized carbons (Fsp3) is 0.0667. The van der Waals surface area contributed by atoms with Gasteiger partial charge in [-0.15, -0.1) is 0 Å². The summed E-state index contributed by atoms with van der Waals surface area (Å²) in [4.78, 5) is 16.8.